The van der Waals surface area contributed by atoms with Crippen molar-refractivity contribution in [1.82, 2.24) is 24.8 Å². The quantitative estimate of drug-likeness (QED) is 0.319. The zero-order chi connectivity index (χ0) is 24.8. The fraction of sp³-hybridized carbons (Fsp3) is 0.435. The first-order valence-corrected chi connectivity index (χ1v) is 11.5. The highest BCUT2D eigenvalue weighted by Crippen LogP contribution is 2.22. The van der Waals surface area contributed by atoms with Crippen molar-refractivity contribution < 1.29 is 14.3 Å². The van der Waals surface area contributed by atoms with E-state index in [0.717, 1.165) is 38.2 Å². The Morgan fingerprint density at radius 2 is 2.03 bits per heavy atom. The number of aliphatic hydroxyl groups is 1. The summed E-state index contributed by atoms with van der Waals surface area (Å²) in [5.41, 5.74) is 0.340. The Bertz CT molecular complexity index is 1110. The van der Waals surface area contributed by atoms with Gasteiger partial charge in [-0.15, -0.1) is 0 Å². The Labute approximate surface area is 202 Å². The number of pyridine rings is 1. The number of hydrogen-bond acceptors (Lipinski definition) is 10. The number of nitrogens with zero attached hydrogens (tertiary/aromatic N) is 7. The van der Waals surface area contributed by atoms with Gasteiger partial charge in [0, 0.05) is 45.3 Å². The SMILES string of the molecule is CN1CCN(c2ccc(Nc3ncc(F)c(NC4CCCN(C(=O)C(C#N)=CO)C4)n3)cn2)CC1. The maximum atomic E-state index is 14.4. The van der Waals surface area contributed by atoms with Crippen molar-refractivity contribution in [2.75, 3.05) is 61.8 Å². The fourth-order valence-corrected chi connectivity index (χ4v) is 4.12. The summed E-state index contributed by atoms with van der Waals surface area (Å²) in [5.74, 6) is -0.0446. The number of rotatable bonds is 6. The summed E-state index contributed by atoms with van der Waals surface area (Å²) in [6.45, 7) is 4.53. The third-order valence-corrected chi connectivity index (χ3v) is 6.10. The van der Waals surface area contributed by atoms with Crippen LogP contribution < -0.4 is 15.5 Å². The number of likely N-dealkylation sites (tertiary alicyclic amines) is 1. The molecule has 184 valence electrons. The minimum atomic E-state index is -0.615. The number of nitrogens with one attached hydrogen (secondary N) is 2. The van der Waals surface area contributed by atoms with E-state index in [9.17, 15) is 9.18 Å². The molecule has 0 aliphatic carbocycles. The predicted octanol–water partition coefficient (Wildman–Crippen LogP) is 1.87. The summed E-state index contributed by atoms with van der Waals surface area (Å²) in [4.78, 5) is 31.1. The average Bonchev–Trinajstić information content (AvgIpc) is 2.88. The molecule has 0 spiro atoms. The number of halogens is 1. The van der Waals surface area contributed by atoms with Crippen molar-refractivity contribution in [3.8, 4) is 6.07 Å². The monoisotopic (exact) mass is 481 g/mol. The van der Waals surface area contributed by atoms with Crippen LogP contribution in [0.4, 0.5) is 27.7 Å². The van der Waals surface area contributed by atoms with E-state index in [1.165, 1.54) is 4.90 Å². The Kier molecular flexibility index (Phi) is 7.57. The molecule has 2 saturated heterocycles. The number of piperidine rings is 1. The van der Waals surface area contributed by atoms with E-state index < -0.39 is 11.7 Å². The minimum absolute atomic E-state index is 0.0158. The standard InChI is InChI=1S/C23H28FN9O2/c1-31-7-9-32(10-8-31)20-5-4-17(12-26-20)29-23-27-13-19(24)21(30-23)28-18-3-2-6-33(14-18)22(35)16(11-25)15-34/h4-5,12-13,15,18,34H,2-3,6-10,14H2,1H3,(H2,27,28,29,30). The first-order valence-electron chi connectivity index (χ1n) is 11.5. The molecule has 3 N–H and O–H groups in total. The second kappa shape index (κ2) is 11.0. The molecule has 0 aromatic carbocycles. The van der Waals surface area contributed by atoms with Gasteiger partial charge in [-0.25, -0.2) is 14.4 Å². The van der Waals surface area contributed by atoms with Crippen LogP contribution in [-0.4, -0.2) is 88.1 Å². The van der Waals surface area contributed by atoms with Crippen LogP contribution in [0.3, 0.4) is 0 Å². The van der Waals surface area contributed by atoms with Crippen LogP contribution in [0.25, 0.3) is 0 Å². The summed E-state index contributed by atoms with van der Waals surface area (Å²) in [7, 11) is 2.10. The van der Waals surface area contributed by atoms with Gasteiger partial charge >= 0.3 is 0 Å². The molecule has 1 unspecified atom stereocenters. The Morgan fingerprint density at radius 3 is 2.71 bits per heavy atom. The minimum Gasteiger partial charge on any atom is -0.514 e. The van der Waals surface area contributed by atoms with E-state index in [2.05, 4.69) is 42.4 Å². The normalized spacial score (nSPS) is 19.2. The predicted molar refractivity (Wildman–Crippen MR) is 129 cm³/mol. The van der Waals surface area contributed by atoms with Gasteiger partial charge in [0.15, 0.2) is 17.2 Å². The van der Waals surface area contributed by atoms with Crippen LogP contribution in [0.5, 0.6) is 0 Å². The molecule has 35 heavy (non-hydrogen) atoms. The molecule has 1 amide bonds. The summed E-state index contributed by atoms with van der Waals surface area (Å²) in [5, 5.41) is 24.2. The highest BCUT2D eigenvalue weighted by Gasteiger charge is 2.27. The lowest BCUT2D eigenvalue weighted by molar-refractivity contribution is -0.127. The molecule has 2 aromatic heterocycles. The number of likely N-dealkylation sites (N-methyl/N-ethyl adjacent to an activating group) is 1. The molecule has 0 radical (unpaired) electrons. The van der Waals surface area contributed by atoms with E-state index in [-0.39, 0.29) is 29.9 Å². The van der Waals surface area contributed by atoms with Crippen molar-refractivity contribution in [2.24, 2.45) is 0 Å². The van der Waals surface area contributed by atoms with Crippen LogP contribution in [0.1, 0.15) is 12.8 Å². The van der Waals surface area contributed by atoms with E-state index in [1.807, 2.05) is 12.1 Å². The molecule has 0 bridgehead atoms. The molecule has 2 aliphatic rings. The van der Waals surface area contributed by atoms with Gasteiger partial charge < -0.3 is 30.4 Å². The number of aliphatic hydroxyl groups excluding tert-OH is 1. The number of amides is 1. The molecular weight excluding hydrogens is 453 g/mol. The molecule has 2 fully saturated rings. The summed E-state index contributed by atoms with van der Waals surface area (Å²) >= 11 is 0. The van der Waals surface area contributed by atoms with Crippen LogP contribution in [0.2, 0.25) is 0 Å². The Morgan fingerprint density at radius 1 is 1.23 bits per heavy atom. The number of aromatic nitrogens is 3. The van der Waals surface area contributed by atoms with Gasteiger partial charge in [-0.1, -0.05) is 0 Å². The molecular formula is C23H28FN9O2. The van der Waals surface area contributed by atoms with Crippen LogP contribution >= 0.6 is 0 Å². The molecule has 2 aromatic rings. The maximum absolute atomic E-state index is 14.4. The molecule has 4 rings (SSSR count). The van der Waals surface area contributed by atoms with Gasteiger partial charge in [0.2, 0.25) is 5.95 Å². The van der Waals surface area contributed by atoms with Gasteiger partial charge in [0.25, 0.3) is 5.91 Å². The smallest absolute Gasteiger partial charge is 0.267 e. The zero-order valence-electron chi connectivity index (χ0n) is 19.5. The number of piperazine rings is 1. The van der Waals surface area contributed by atoms with E-state index in [4.69, 9.17) is 10.4 Å². The third-order valence-electron chi connectivity index (χ3n) is 6.10. The average molecular weight is 482 g/mol. The fourth-order valence-electron chi connectivity index (χ4n) is 4.12. The van der Waals surface area contributed by atoms with Gasteiger partial charge in [0.1, 0.15) is 18.1 Å². The largest absolute Gasteiger partial charge is 0.514 e. The molecule has 11 nitrogen and oxygen atoms in total. The van der Waals surface area contributed by atoms with Crippen LogP contribution in [0, 0.1) is 17.1 Å². The van der Waals surface area contributed by atoms with E-state index in [0.29, 0.717) is 31.3 Å². The summed E-state index contributed by atoms with van der Waals surface area (Å²) in [6, 6.07) is 5.22. The van der Waals surface area contributed by atoms with Gasteiger partial charge in [-0.2, -0.15) is 10.2 Å². The number of nitriles is 1. The van der Waals surface area contributed by atoms with Gasteiger partial charge in [-0.3, -0.25) is 4.79 Å². The lowest BCUT2D eigenvalue weighted by Gasteiger charge is -2.33. The number of anilines is 4. The second-order valence-electron chi connectivity index (χ2n) is 8.60. The lowest BCUT2D eigenvalue weighted by Crippen LogP contribution is -2.45. The topological polar surface area (TPSA) is 134 Å². The van der Waals surface area contributed by atoms with Crippen LogP contribution in [-0.2, 0) is 4.79 Å². The second-order valence-corrected chi connectivity index (χ2v) is 8.60. The number of carbonyl (C=O) groups excluding carboxylic acids is 1. The molecule has 0 saturated carbocycles. The maximum Gasteiger partial charge on any atom is 0.267 e. The zero-order valence-corrected chi connectivity index (χ0v) is 19.5. The highest BCUT2D eigenvalue weighted by molar-refractivity contribution is 5.97. The van der Waals surface area contributed by atoms with Gasteiger partial charge in [0.05, 0.1) is 18.1 Å². The highest BCUT2D eigenvalue weighted by atomic mass is 19.1. The first-order chi connectivity index (χ1) is 17.0. The van der Waals surface area contributed by atoms with Crippen molar-refractivity contribution in [3.05, 3.63) is 42.2 Å². The molecule has 12 heteroatoms. The summed E-state index contributed by atoms with van der Waals surface area (Å²) < 4.78 is 14.4. The molecule has 4 heterocycles. The number of hydrogen-bond donors (Lipinski definition) is 3. The van der Waals surface area contributed by atoms with Crippen molar-refractivity contribution in [2.45, 2.75) is 18.9 Å². The number of carbonyl (C=O) groups is 1. The van der Waals surface area contributed by atoms with E-state index in [1.54, 1.807) is 12.3 Å². The van der Waals surface area contributed by atoms with Gasteiger partial charge in [-0.05, 0) is 32.0 Å². The molecule has 2 aliphatic heterocycles. The van der Waals surface area contributed by atoms with Crippen molar-refractivity contribution in [1.29, 1.82) is 5.26 Å². The molecule has 1 atom stereocenters. The Hall–Kier alpha value is -3.98. The van der Waals surface area contributed by atoms with Crippen molar-refractivity contribution >= 4 is 29.2 Å². The summed E-state index contributed by atoms with van der Waals surface area (Å²) in [6.07, 6.45) is 4.64. The Balaban J connectivity index is 1.39. The first kappa shape index (κ1) is 24.2. The van der Waals surface area contributed by atoms with Crippen LogP contribution in [0.15, 0.2) is 36.4 Å². The van der Waals surface area contributed by atoms with Crippen molar-refractivity contribution in [3.63, 3.8) is 0 Å². The van der Waals surface area contributed by atoms with E-state index >= 15 is 0 Å². The third kappa shape index (κ3) is 5.93. The lowest BCUT2D eigenvalue weighted by atomic mass is 10.0.